The molecular formula is C24H28N4O3S. The lowest BCUT2D eigenvalue weighted by Crippen LogP contribution is -2.25. The number of para-hydroxylation sites is 1. The molecule has 7 nitrogen and oxygen atoms in total. The predicted octanol–water partition coefficient (Wildman–Crippen LogP) is 3.42. The number of aliphatic hydroxyl groups excluding tert-OH is 1. The molecule has 0 bridgehead atoms. The first-order chi connectivity index (χ1) is 15.6. The molecule has 32 heavy (non-hydrogen) atoms. The molecule has 0 atom stereocenters. The molecule has 8 heteroatoms. The van der Waals surface area contributed by atoms with E-state index in [1.807, 2.05) is 19.1 Å². The van der Waals surface area contributed by atoms with Crippen molar-refractivity contribution in [3.05, 3.63) is 58.4 Å². The van der Waals surface area contributed by atoms with Crippen LogP contribution in [0.3, 0.4) is 0 Å². The van der Waals surface area contributed by atoms with Crippen molar-refractivity contribution in [3.63, 3.8) is 0 Å². The van der Waals surface area contributed by atoms with Crippen molar-refractivity contribution in [3.8, 4) is 0 Å². The Hall–Kier alpha value is -2.84. The summed E-state index contributed by atoms with van der Waals surface area (Å²) in [5.41, 5.74) is 3.47. The number of aryl methyl sites for hydroxylation is 1. The molecule has 2 heterocycles. The van der Waals surface area contributed by atoms with Crippen LogP contribution in [0, 0.1) is 6.92 Å². The average molecular weight is 453 g/mol. The Bertz CT molecular complexity index is 1170. The third-order valence-electron chi connectivity index (χ3n) is 5.65. The highest BCUT2D eigenvalue weighted by molar-refractivity contribution is 7.99. The number of rotatable bonds is 8. The van der Waals surface area contributed by atoms with Crippen LogP contribution in [-0.4, -0.2) is 46.0 Å². The summed E-state index contributed by atoms with van der Waals surface area (Å²) >= 11 is 1.23. The number of nitrogens with zero attached hydrogens (tertiary/aromatic N) is 3. The molecule has 2 N–H and O–H groups in total. The molecule has 0 aliphatic carbocycles. The Morgan fingerprint density at radius 2 is 1.97 bits per heavy atom. The van der Waals surface area contributed by atoms with Gasteiger partial charge in [0.2, 0.25) is 5.91 Å². The van der Waals surface area contributed by atoms with E-state index in [2.05, 4.69) is 27.3 Å². The molecule has 1 aromatic heterocycles. The number of hydrogen-bond donors (Lipinski definition) is 2. The van der Waals surface area contributed by atoms with E-state index in [0.29, 0.717) is 29.0 Å². The molecule has 0 radical (unpaired) electrons. The van der Waals surface area contributed by atoms with Gasteiger partial charge >= 0.3 is 0 Å². The van der Waals surface area contributed by atoms with E-state index < -0.39 is 0 Å². The largest absolute Gasteiger partial charge is 0.396 e. The van der Waals surface area contributed by atoms with E-state index in [9.17, 15) is 14.7 Å². The van der Waals surface area contributed by atoms with E-state index >= 15 is 0 Å². The van der Waals surface area contributed by atoms with Crippen LogP contribution in [-0.2, 0) is 11.3 Å². The van der Waals surface area contributed by atoms with Gasteiger partial charge in [-0.3, -0.25) is 14.2 Å². The van der Waals surface area contributed by atoms with Crippen molar-refractivity contribution in [1.82, 2.24) is 9.55 Å². The van der Waals surface area contributed by atoms with Gasteiger partial charge < -0.3 is 15.3 Å². The summed E-state index contributed by atoms with van der Waals surface area (Å²) in [5.74, 6) is -0.0137. The van der Waals surface area contributed by atoms with E-state index in [1.54, 1.807) is 22.8 Å². The van der Waals surface area contributed by atoms with Gasteiger partial charge in [-0.05, 0) is 62.1 Å². The molecule has 1 saturated heterocycles. The summed E-state index contributed by atoms with van der Waals surface area (Å²) < 4.78 is 1.55. The molecule has 1 aliphatic rings. The summed E-state index contributed by atoms with van der Waals surface area (Å²) in [6.45, 7) is 4.50. The maximum Gasteiger partial charge on any atom is 0.262 e. The minimum atomic E-state index is -0.152. The number of thioether (sulfide) groups is 1. The molecule has 3 aromatic rings. The molecule has 0 unspecified atom stereocenters. The molecule has 1 fully saturated rings. The van der Waals surface area contributed by atoms with Crippen molar-refractivity contribution >= 4 is 39.9 Å². The summed E-state index contributed by atoms with van der Waals surface area (Å²) in [6.07, 6.45) is 2.89. The fourth-order valence-corrected chi connectivity index (χ4v) is 4.79. The first kappa shape index (κ1) is 22.4. The summed E-state index contributed by atoms with van der Waals surface area (Å²) in [6, 6.07) is 13.3. The summed E-state index contributed by atoms with van der Waals surface area (Å²) in [7, 11) is 0. The highest BCUT2D eigenvalue weighted by Crippen LogP contribution is 2.26. The lowest BCUT2D eigenvalue weighted by atomic mass is 10.1. The monoisotopic (exact) mass is 452 g/mol. The van der Waals surface area contributed by atoms with Crippen LogP contribution in [0.15, 0.2) is 52.4 Å². The Morgan fingerprint density at radius 1 is 1.19 bits per heavy atom. The molecule has 0 spiro atoms. The standard InChI is InChI=1S/C24H28N4O3S/c1-17-15-18(27-11-4-5-12-27)9-10-20(17)25-22(30)16-32-24-26-21-8-3-2-7-19(21)23(31)28(24)13-6-14-29/h2-3,7-10,15,29H,4-6,11-14,16H2,1H3,(H,25,30). The van der Waals surface area contributed by atoms with Crippen LogP contribution < -0.4 is 15.8 Å². The highest BCUT2D eigenvalue weighted by Gasteiger charge is 2.15. The second-order valence-electron chi connectivity index (χ2n) is 7.98. The second kappa shape index (κ2) is 10.2. The summed E-state index contributed by atoms with van der Waals surface area (Å²) in [5, 5.41) is 13.2. The average Bonchev–Trinajstić information content (AvgIpc) is 3.34. The van der Waals surface area contributed by atoms with Crippen molar-refractivity contribution in [1.29, 1.82) is 0 Å². The van der Waals surface area contributed by atoms with Gasteiger partial charge in [0.25, 0.3) is 5.56 Å². The van der Waals surface area contributed by atoms with Gasteiger partial charge in [0, 0.05) is 37.6 Å². The number of carbonyl (C=O) groups excluding carboxylic acids is 1. The van der Waals surface area contributed by atoms with E-state index in [4.69, 9.17) is 0 Å². The van der Waals surface area contributed by atoms with Crippen LogP contribution >= 0.6 is 11.8 Å². The third-order valence-corrected chi connectivity index (χ3v) is 6.63. The zero-order valence-corrected chi connectivity index (χ0v) is 19.0. The number of benzene rings is 2. The Morgan fingerprint density at radius 3 is 2.72 bits per heavy atom. The number of aromatic nitrogens is 2. The third kappa shape index (κ3) is 4.97. The fraction of sp³-hybridized carbons (Fsp3) is 0.375. The highest BCUT2D eigenvalue weighted by atomic mass is 32.2. The Balaban J connectivity index is 1.47. The van der Waals surface area contributed by atoms with Crippen molar-refractivity contribution in [2.75, 3.05) is 35.7 Å². The van der Waals surface area contributed by atoms with Gasteiger partial charge in [-0.25, -0.2) is 4.98 Å². The first-order valence-electron chi connectivity index (χ1n) is 11.0. The number of nitrogens with one attached hydrogen (secondary N) is 1. The molecule has 4 rings (SSSR count). The smallest absolute Gasteiger partial charge is 0.262 e. The number of carbonyl (C=O) groups is 1. The van der Waals surface area contributed by atoms with Gasteiger partial charge in [0.1, 0.15) is 0 Å². The normalized spacial score (nSPS) is 13.6. The lowest BCUT2D eigenvalue weighted by Gasteiger charge is -2.19. The van der Waals surface area contributed by atoms with Crippen molar-refractivity contribution < 1.29 is 9.90 Å². The zero-order valence-electron chi connectivity index (χ0n) is 18.2. The number of hydrogen-bond acceptors (Lipinski definition) is 6. The maximum atomic E-state index is 12.9. The number of amides is 1. The molecule has 1 aliphatic heterocycles. The molecule has 0 saturated carbocycles. The van der Waals surface area contributed by atoms with Gasteiger partial charge in [0.15, 0.2) is 5.16 Å². The molecular weight excluding hydrogens is 424 g/mol. The SMILES string of the molecule is Cc1cc(N2CCCC2)ccc1NC(=O)CSc1nc2ccccc2c(=O)n1CCCO. The maximum absolute atomic E-state index is 12.9. The predicted molar refractivity (Wildman–Crippen MR) is 130 cm³/mol. The number of fused-ring (bicyclic) bond motifs is 1. The van der Waals surface area contributed by atoms with E-state index in [0.717, 1.165) is 24.3 Å². The minimum Gasteiger partial charge on any atom is -0.396 e. The Kier molecular flexibility index (Phi) is 7.12. The quantitative estimate of drug-likeness (QED) is 0.402. The fourth-order valence-electron chi connectivity index (χ4n) is 3.96. The molecule has 1 amide bonds. The van der Waals surface area contributed by atoms with Crippen LogP contribution in [0.4, 0.5) is 11.4 Å². The minimum absolute atomic E-state index is 0.0173. The molecule has 2 aromatic carbocycles. The number of anilines is 2. The van der Waals surface area contributed by atoms with Crippen LogP contribution in [0.25, 0.3) is 10.9 Å². The molecule has 168 valence electrons. The summed E-state index contributed by atoms with van der Waals surface area (Å²) in [4.78, 5) is 32.5. The van der Waals surface area contributed by atoms with Crippen LogP contribution in [0.1, 0.15) is 24.8 Å². The van der Waals surface area contributed by atoms with Gasteiger partial charge in [0.05, 0.1) is 16.7 Å². The number of aliphatic hydroxyl groups is 1. The van der Waals surface area contributed by atoms with Gasteiger partial charge in [-0.15, -0.1) is 0 Å². The van der Waals surface area contributed by atoms with Crippen LogP contribution in [0.2, 0.25) is 0 Å². The van der Waals surface area contributed by atoms with Gasteiger partial charge in [-0.2, -0.15) is 0 Å². The van der Waals surface area contributed by atoms with E-state index in [1.165, 1.54) is 30.3 Å². The van der Waals surface area contributed by atoms with Crippen molar-refractivity contribution in [2.24, 2.45) is 0 Å². The lowest BCUT2D eigenvalue weighted by molar-refractivity contribution is -0.113. The van der Waals surface area contributed by atoms with Crippen LogP contribution in [0.5, 0.6) is 0 Å². The topological polar surface area (TPSA) is 87.5 Å². The van der Waals surface area contributed by atoms with Gasteiger partial charge in [-0.1, -0.05) is 23.9 Å². The zero-order chi connectivity index (χ0) is 22.5. The van der Waals surface area contributed by atoms with Crippen molar-refractivity contribution in [2.45, 2.75) is 37.9 Å². The second-order valence-corrected chi connectivity index (χ2v) is 8.92. The Labute approximate surface area is 191 Å². The van der Waals surface area contributed by atoms with E-state index in [-0.39, 0.29) is 23.8 Å². The first-order valence-corrected chi connectivity index (χ1v) is 11.9.